The molecular weight excluding hydrogens is 313 g/mol. The molecule has 0 fully saturated rings. The molecule has 0 bridgehead atoms. The van der Waals surface area contributed by atoms with Gasteiger partial charge in [-0.15, -0.1) is 0 Å². The molecule has 0 saturated heterocycles. The molecule has 122 valence electrons. The number of rotatable bonds is 4. The number of aromatic hydroxyl groups is 1. The van der Waals surface area contributed by atoms with E-state index in [1.807, 2.05) is 0 Å². The van der Waals surface area contributed by atoms with Gasteiger partial charge in [-0.2, -0.15) is 0 Å². The summed E-state index contributed by atoms with van der Waals surface area (Å²) in [5.74, 6) is -0.284. The number of hydrogen-bond donors (Lipinski definition) is 1. The van der Waals surface area contributed by atoms with E-state index >= 15 is 0 Å². The number of benzene rings is 2. The predicted molar refractivity (Wildman–Crippen MR) is 83.9 cm³/mol. The highest BCUT2D eigenvalue weighted by Gasteiger charge is 2.16. The van der Waals surface area contributed by atoms with Crippen molar-refractivity contribution in [3.8, 4) is 17.1 Å². The van der Waals surface area contributed by atoms with Gasteiger partial charge in [0.15, 0.2) is 5.76 Å². The van der Waals surface area contributed by atoms with Crippen molar-refractivity contribution in [1.29, 1.82) is 0 Å². The Morgan fingerprint density at radius 3 is 2.50 bits per heavy atom. The molecule has 24 heavy (non-hydrogen) atoms. The Hall–Kier alpha value is -3.15. The summed E-state index contributed by atoms with van der Waals surface area (Å²) in [6, 6.07) is 11.6. The van der Waals surface area contributed by atoms with E-state index in [9.17, 15) is 14.3 Å². The number of ether oxygens (including phenoxy) is 1. The van der Waals surface area contributed by atoms with Gasteiger partial charge in [0.1, 0.15) is 23.9 Å². The lowest BCUT2D eigenvalue weighted by Crippen LogP contribution is -2.05. The van der Waals surface area contributed by atoms with Gasteiger partial charge in [0.2, 0.25) is 0 Å². The van der Waals surface area contributed by atoms with Crippen LogP contribution in [-0.2, 0) is 11.3 Å². The van der Waals surface area contributed by atoms with E-state index in [1.165, 1.54) is 36.4 Å². The Bertz CT molecular complexity index is 854. The molecule has 0 amide bonds. The molecule has 0 spiro atoms. The zero-order chi connectivity index (χ0) is 17.1. The average molecular weight is 327 g/mol. The lowest BCUT2D eigenvalue weighted by Gasteiger charge is -2.03. The number of phenols is 1. The van der Waals surface area contributed by atoms with Crippen LogP contribution in [0.15, 0.2) is 53.1 Å². The summed E-state index contributed by atoms with van der Waals surface area (Å²) in [5.41, 5.74) is 2.23. The monoisotopic (exact) mass is 327 g/mol. The summed E-state index contributed by atoms with van der Waals surface area (Å²) in [4.78, 5) is 12.0. The summed E-state index contributed by atoms with van der Waals surface area (Å²) in [5, 5.41) is 13.1. The highest BCUT2D eigenvalue weighted by molar-refractivity contribution is 5.89. The molecule has 0 aliphatic carbocycles. The van der Waals surface area contributed by atoms with Gasteiger partial charge in [-0.05, 0) is 55.5 Å². The van der Waals surface area contributed by atoms with Crippen LogP contribution in [0.25, 0.3) is 11.3 Å². The SMILES string of the molecule is Cc1c(COC(=O)c2ccc(O)cc2)noc1-c1ccc(F)cc1. The number of esters is 1. The van der Waals surface area contributed by atoms with Crippen molar-refractivity contribution >= 4 is 5.97 Å². The molecule has 0 unspecified atom stereocenters. The van der Waals surface area contributed by atoms with Crippen LogP contribution in [0.4, 0.5) is 4.39 Å². The Kier molecular flexibility index (Phi) is 4.29. The zero-order valence-electron chi connectivity index (χ0n) is 12.8. The molecule has 6 heteroatoms. The van der Waals surface area contributed by atoms with E-state index in [0.717, 1.165) is 5.56 Å². The van der Waals surface area contributed by atoms with Crippen LogP contribution in [0, 0.1) is 12.7 Å². The van der Waals surface area contributed by atoms with E-state index in [2.05, 4.69) is 5.16 Å². The summed E-state index contributed by atoms with van der Waals surface area (Å²) in [6.07, 6.45) is 0. The van der Waals surface area contributed by atoms with Gasteiger partial charge in [-0.3, -0.25) is 0 Å². The van der Waals surface area contributed by atoms with Crippen molar-refractivity contribution in [3.63, 3.8) is 0 Å². The minimum atomic E-state index is -0.527. The number of phenolic OH excluding ortho intramolecular Hbond substituents is 1. The van der Waals surface area contributed by atoms with Gasteiger partial charge in [0.05, 0.1) is 5.56 Å². The highest BCUT2D eigenvalue weighted by atomic mass is 19.1. The number of aromatic nitrogens is 1. The number of carbonyl (C=O) groups is 1. The third kappa shape index (κ3) is 3.27. The molecule has 3 rings (SSSR count). The molecule has 1 heterocycles. The van der Waals surface area contributed by atoms with Crippen LogP contribution < -0.4 is 0 Å². The minimum absolute atomic E-state index is 0.0454. The molecule has 0 aliphatic heterocycles. The Morgan fingerprint density at radius 1 is 1.17 bits per heavy atom. The number of hydrogen-bond acceptors (Lipinski definition) is 5. The molecule has 5 nitrogen and oxygen atoms in total. The third-order valence-corrected chi connectivity index (χ3v) is 3.57. The molecule has 0 atom stereocenters. The van der Waals surface area contributed by atoms with E-state index in [-0.39, 0.29) is 18.2 Å². The van der Waals surface area contributed by atoms with Crippen molar-refractivity contribution in [3.05, 3.63) is 71.2 Å². The summed E-state index contributed by atoms with van der Waals surface area (Å²) in [6.45, 7) is 1.75. The highest BCUT2D eigenvalue weighted by Crippen LogP contribution is 2.26. The van der Waals surface area contributed by atoms with E-state index < -0.39 is 5.97 Å². The van der Waals surface area contributed by atoms with Crippen molar-refractivity contribution in [2.75, 3.05) is 0 Å². The van der Waals surface area contributed by atoms with Crippen molar-refractivity contribution in [1.82, 2.24) is 5.16 Å². The number of nitrogens with zero attached hydrogens (tertiary/aromatic N) is 1. The van der Waals surface area contributed by atoms with Gasteiger partial charge in [-0.1, -0.05) is 5.16 Å². The lowest BCUT2D eigenvalue weighted by molar-refractivity contribution is 0.0464. The molecule has 0 saturated carbocycles. The standard InChI is InChI=1S/C18H14FNO4/c1-11-16(10-23-18(22)13-4-8-15(21)9-5-13)20-24-17(11)12-2-6-14(19)7-3-12/h2-9,21H,10H2,1H3. The summed E-state index contributed by atoms with van der Waals surface area (Å²) < 4.78 is 23.5. The topological polar surface area (TPSA) is 72.6 Å². The summed E-state index contributed by atoms with van der Waals surface area (Å²) >= 11 is 0. The summed E-state index contributed by atoms with van der Waals surface area (Å²) in [7, 11) is 0. The molecule has 0 aliphatic rings. The number of halogens is 1. The first-order valence-corrected chi connectivity index (χ1v) is 7.22. The Labute approximate surface area is 137 Å². The van der Waals surface area contributed by atoms with Crippen LogP contribution in [0.5, 0.6) is 5.75 Å². The molecule has 3 aromatic rings. The van der Waals surface area contributed by atoms with Crippen LogP contribution in [0.3, 0.4) is 0 Å². The first kappa shape index (κ1) is 15.7. The smallest absolute Gasteiger partial charge is 0.338 e. The second-order valence-corrected chi connectivity index (χ2v) is 5.21. The largest absolute Gasteiger partial charge is 0.508 e. The van der Waals surface area contributed by atoms with Gasteiger partial charge in [0, 0.05) is 11.1 Å². The molecular formula is C18H14FNO4. The minimum Gasteiger partial charge on any atom is -0.508 e. The second kappa shape index (κ2) is 6.54. The van der Waals surface area contributed by atoms with Gasteiger partial charge in [-0.25, -0.2) is 9.18 Å². The van der Waals surface area contributed by atoms with Gasteiger partial charge in [0.25, 0.3) is 0 Å². The Balaban J connectivity index is 1.71. The van der Waals surface area contributed by atoms with E-state index in [4.69, 9.17) is 9.26 Å². The fraction of sp³-hybridized carbons (Fsp3) is 0.111. The first-order chi connectivity index (χ1) is 11.5. The molecule has 0 radical (unpaired) electrons. The van der Waals surface area contributed by atoms with E-state index in [0.29, 0.717) is 22.6 Å². The first-order valence-electron chi connectivity index (χ1n) is 7.22. The lowest BCUT2D eigenvalue weighted by atomic mass is 10.1. The third-order valence-electron chi connectivity index (χ3n) is 3.57. The van der Waals surface area contributed by atoms with Crippen molar-refractivity contribution in [2.45, 2.75) is 13.5 Å². The normalized spacial score (nSPS) is 10.6. The van der Waals surface area contributed by atoms with Crippen LogP contribution in [-0.4, -0.2) is 16.2 Å². The zero-order valence-corrected chi connectivity index (χ0v) is 12.8. The Morgan fingerprint density at radius 2 is 1.83 bits per heavy atom. The van der Waals surface area contributed by atoms with Gasteiger partial charge < -0.3 is 14.4 Å². The van der Waals surface area contributed by atoms with Crippen LogP contribution >= 0.6 is 0 Å². The van der Waals surface area contributed by atoms with Crippen molar-refractivity contribution < 1.29 is 23.6 Å². The van der Waals surface area contributed by atoms with Crippen molar-refractivity contribution in [2.24, 2.45) is 0 Å². The maximum Gasteiger partial charge on any atom is 0.338 e. The maximum atomic E-state index is 13.0. The van der Waals surface area contributed by atoms with Crippen LogP contribution in [0.1, 0.15) is 21.6 Å². The average Bonchev–Trinajstić information content (AvgIpc) is 2.95. The van der Waals surface area contributed by atoms with Crippen LogP contribution in [0.2, 0.25) is 0 Å². The fourth-order valence-corrected chi connectivity index (χ4v) is 2.19. The molecule has 1 aromatic heterocycles. The van der Waals surface area contributed by atoms with Gasteiger partial charge >= 0.3 is 5.97 Å². The molecule has 1 N–H and O–H groups in total. The molecule has 2 aromatic carbocycles. The second-order valence-electron chi connectivity index (χ2n) is 5.21. The number of carbonyl (C=O) groups excluding carboxylic acids is 1. The quantitative estimate of drug-likeness (QED) is 0.737. The maximum absolute atomic E-state index is 13.0. The predicted octanol–water partition coefficient (Wildman–Crippen LogP) is 3.85. The van der Waals surface area contributed by atoms with E-state index in [1.54, 1.807) is 19.1 Å². The fourth-order valence-electron chi connectivity index (χ4n) is 2.19.